The van der Waals surface area contributed by atoms with Gasteiger partial charge in [-0.1, -0.05) is 48.2 Å². The molecule has 4 rings (SSSR count). The Morgan fingerprint density at radius 3 is 2.61 bits per heavy atom. The summed E-state index contributed by atoms with van der Waals surface area (Å²) in [6.45, 7) is 6.09. The molecule has 1 N–H and O–H groups in total. The van der Waals surface area contributed by atoms with Gasteiger partial charge in [-0.15, -0.1) is 11.3 Å². The summed E-state index contributed by atoms with van der Waals surface area (Å²) in [5.74, 6) is 0.0471. The van der Waals surface area contributed by atoms with Gasteiger partial charge in [0.25, 0.3) is 5.56 Å². The van der Waals surface area contributed by atoms with E-state index in [0.29, 0.717) is 15.4 Å². The van der Waals surface area contributed by atoms with Crippen LogP contribution in [0.15, 0.2) is 57.8 Å². The van der Waals surface area contributed by atoms with E-state index in [2.05, 4.69) is 36.3 Å². The number of para-hydroxylation sites is 1. The van der Waals surface area contributed by atoms with E-state index in [0.717, 1.165) is 22.4 Å². The Morgan fingerprint density at radius 2 is 1.87 bits per heavy atom. The molecule has 158 valence electrons. The van der Waals surface area contributed by atoms with Crippen LogP contribution in [0.2, 0.25) is 0 Å². The van der Waals surface area contributed by atoms with Gasteiger partial charge >= 0.3 is 0 Å². The largest absolute Gasteiger partial charge is 0.325 e. The van der Waals surface area contributed by atoms with Crippen molar-refractivity contribution >= 4 is 44.9 Å². The van der Waals surface area contributed by atoms with Crippen molar-refractivity contribution in [3.63, 3.8) is 0 Å². The van der Waals surface area contributed by atoms with Crippen LogP contribution in [0.1, 0.15) is 16.7 Å². The molecule has 4 aromatic rings. The van der Waals surface area contributed by atoms with Crippen LogP contribution in [0.3, 0.4) is 0 Å². The normalized spacial score (nSPS) is 11.1. The lowest BCUT2D eigenvalue weighted by atomic mass is 10.0. The van der Waals surface area contributed by atoms with Gasteiger partial charge in [-0.3, -0.25) is 14.2 Å². The van der Waals surface area contributed by atoms with Gasteiger partial charge in [0.1, 0.15) is 4.83 Å². The SMILES string of the molecule is Cc1ccc(-c2csc3nc(SCC(=O)Nc4ccccc4C)n(C)c(=O)c23)cc1C. The van der Waals surface area contributed by atoms with Crippen molar-refractivity contribution in [1.29, 1.82) is 0 Å². The van der Waals surface area contributed by atoms with Gasteiger partial charge in [0.2, 0.25) is 5.91 Å². The maximum atomic E-state index is 13.2. The smallest absolute Gasteiger partial charge is 0.263 e. The van der Waals surface area contributed by atoms with E-state index < -0.39 is 0 Å². The first-order chi connectivity index (χ1) is 14.8. The number of carbonyl (C=O) groups excluding carboxylic acids is 1. The second-order valence-corrected chi connectivity index (χ2v) is 9.34. The Labute approximate surface area is 189 Å². The van der Waals surface area contributed by atoms with Crippen molar-refractivity contribution in [3.05, 3.63) is 74.9 Å². The number of anilines is 1. The zero-order chi connectivity index (χ0) is 22.1. The van der Waals surface area contributed by atoms with Crippen molar-refractivity contribution in [2.45, 2.75) is 25.9 Å². The van der Waals surface area contributed by atoms with Gasteiger partial charge in [0.15, 0.2) is 5.16 Å². The van der Waals surface area contributed by atoms with Crippen LogP contribution in [0.25, 0.3) is 21.3 Å². The zero-order valence-electron chi connectivity index (χ0n) is 17.9. The van der Waals surface area contributed by atoms with Crippen LogP contribution in [0, 0.1) is 20.8 Å². The predicted molar refractivity (Wildman–Crippen MR) is 130 cm³/mol. The molecule has 0 aliphatic carbocycles. The molecule has 0 saturated heterocycles. The van der Waals surface area contributed by atoms with Crippen LogP contribution < -0.4 is 10.9 Å². The van der Waals surface area contributed by atoms with Crippen molar-refractivity contribution in [3.8, 4) is 11.1 Å². The molecule has 0 atom stereocenters. The molecular weight excluding hydrogens is 426 g/mol. The van der Waals surface area contributed by atoms with Crippen LogP contribution >= 0.6 is 23.1 Å². The van der Waals surface area contributed by atoms with E-state index in [-0.39, 0.29) is 17.2 Å². The number of hydrogen-bond donors (Lipinski definition) is 1. The van der Waals surface area contributed by atoms with E-state index in [9.17, 15) is 9.59 Å². The summed E-state index contributed by atoms with van der Waals surface area (Å²) in [4.78, 5) is 30.9. The molecule has 0 spiro atoms. The standard InChI is InChI=1S/C24H23N3O2S2/c1-14-9-10-17(11-16(14)3)18-12-30-22-21(18)23(29)27(4)24(26-22)31-13-20(28)25-19-8-6-5-7-15(19)2/h5-12H,13H2,1-4H3,(H,25,28). The van der Waals surface area contributed by atoms with Crippen LogP contribution in [-0.4, -0.2) is 21.2 Å². The quantitative estimate of drug-likeness (QED) is 0.331. The number of rotatable bonds is 5. The summed E-state index contributed by atoms with van der Waals surface area (Å²) in [5.41, 5.74) is 6.04. The van der Waals surface area contributed by atoms with E-state index in [1.165, 1.54) is 38.8 Å². The Balaban J connectivity index is 1.60. The van der Waals surface area contributed by atoms with Crippen LogP contribution in [0.5, 0.6) is 0 Å². The maximum absolute atomic E-state index is 13.2. The van der Waals surface area contributed by atoms with Crippen molar-refractivity contribution in [1.82, 2.24) is 9.55 Å². The average molecular weight is 450 g/mol. The number of thiophene rings is 1. The number of hydrogen-bond acceptors (Lipinski definition) is 5. The molecule has 5 nitrogen and oxygen atoms in total. The molecule has 0 saturated carbocycles. The molecule has 0 fully saturated rings. The minimum atomic E-state index is -0.129. The molecule has 1 amide bonds. The third-order valence-electron chi connectivity index (χ3n) is 5.34. The number of benzene rings is 2. The first-order valence-electron chi connectivity index (χ1n) is 9.89. The molecule has 2 aromatic heterocycles. The molecule has 0 radical (unpaired) electrons. The maximum Gasteiger partial charge on any atom is 0.263 e. The lowest BCUT2D eigenvalue weighted by Crippen LogP contribution is -2.21. The van der Waals surface area contributed by atoms with Gasteiger partial charge in [-0.05, 0) is 49.1 Å². The van der Waals surface area contributed by atoms with Crippen molar-refractivity contribution in [2.75, 3.05) is 11.1 Å². The number of carbonyl (C=O) groups is 1. The summed E-state index contributed by atoms with van der Waals surface area (Å²) >= 11 is 2.72. The number of nitrogens with zero attached hydrogens (tertiary/aromatic N) is 2. The second-order valence-electron chi connectivity index (χ2n) is 7.54. The highest BCUT2D eigenvalue weighted by Gasteiger charge is 2.17. The fourth-order valence-electron chi connectivity index (χ4n) is 3.33. The number of fused-ring (bicyclic) bond motifs is 1. The Kier molecular flexibility index (Phi) is 5.98. The fraction of sp³-hybridized carbons (Fsp3) is 0.208. The second kappa shape index (κ2) is 8.69. The lowest BCUT2D eigenvalue weighted by molar-refractivity contribution is -0.113. The molecule has 0 bridgehead atoms. The average Bonchev–Trinajstić information content (AvgIpc) is 3.17. The summed E-state index contributed by atoms with van der Waals surface area (Å²) in [6, 6.07) is 13.9. The lowest BCUT2D eigenvalue weighted by Gasteiger charge is -2.10. The summed E-state index contributed by atoms with van der Waals surface area (Å²) in [7, 11) is 1.71. The Morgan fingerprint density at radius 1 is 1.10 bits per heavy atom. The van der Waals surface area contributed by atoms with Gasteiger partial charge in [0, 0.05) is 23.7 Å². The Bertz CT molecular complexity index is 1350. The summed E-state index contributed by atoms with van der Waals surface area (Å²) < 4.78 is 1.53. The van der Waals surface area contributed by atoms with Crippen LogP contribution in [-0.2, 0) is 11.8 Å². The van der Waals surface area contributed by atoms with Gasteiger partial charge in [-0.2, -0.15) is 0 Å². The molecule has 7 heteroatoms. The molecule has 31 heavy (non-hydrogen) atoms. The zero-order valence-corrected chi connectivity index (χ0v) is 19.5. The molecule has 0 aliphatic rings. The van der Waals surface area contributed by atoms with Crippen LogP contribution in [0.4, 0.5) is 5.69 Å². The number of nitrogens with one attached hydrogen (secondary N) is 1. The molecule has 0 aliphatic heterocycles. The van der Waals surface area contributed by atoms with Crippen molar-refractivity contribution in [2.24, 2.45) is 7.05 Å². The van der Waals surface area contributed by atoms with Gasteiger partial charge < -0.3 is 5.32 Å². The summed E-state index contributed by atoms with van der Waals surface area (Å²) in [6.07, 6.45) is 0. The topological polar surface area (TPSA) is 64.0 Å². The minimum Gasteiger partial charge on any atom is -0.325 e. The minimum absolute atomic E-state index is 0.0960. The highest BCUT2D eigenvalue weighted by Crippen LogP contribution is 2.33. The van der Waals surface area contributed by atoms with E-state index in [1.54, 1.807) is 7.05 Å². The molecule has 2 heterocycles. The summed E-state index contributed by atoms with van der Waals surface area (Å²) in [5, 5.41) is 6.07. The first-order valence-corrected chi connectivity index (χ1v) is 11.8. The van der Waals surface area contributed by atoms with E-state index >= 15 is 0 Å². The molecular formula is C24H23N3O2S2. The third kappa shape index (κ3) is 4.29. The van der Waals surface area contributed by atoms with Crippen molar-refractivity contribution < 1.29 is 4.79 Å². The first kappa shape index (κ1) is 21.3. The number of amides is 1. The third-order valence-corrected chi connectivity index (χ3v) is 7.25. The van der Waals surface area contributed by atoms with Gasteiger partial charge in [0.05, 0.1) is 11.1 Å². The van der Waals surface area contributed by atoms with E-state index in [4.69, 9.17) is 0 Å². The van der Waals surface area contributed by atoms with Gasteiger partial charge in [-0.25, -0.2) is 4.98 Å². The fourth-order valence-corrected chi connectivity index (χ4v) is 5.09. The molecule has 0 unspecified atom stereocenters. The Hall–Kier alpha value is -2.90. The molecule has 2 aromatic carbocycles. The number of aromatic nitrogens is 2. The number of thioether (sulfide) groups is 1. The monoisotopic (exact) mass is 449 g/mol. The predicted octanol–water partition coefficient (Wildman–Crippen LogP) is 5.32. The number of aryl methyl sites for hydroxylation is 3. The highest BCUT2D eigenvalue weighted by atomic mass is 32.2. The highest BCUT2D eigenvalue weighted by molar-refractivity contribution is 7.99. The van der Waals surface area contributed by atoms with E-state index in [1.807, 2.05) is 42.6 Å².